The summed E-state index contributed by atoms with van der Waals surface area (Å²) in [7, 11) is 0. The van der Waals surface area contributed by atoms with Gasteiger partial charge in [0.25, 0.3) is 0 Å². The molecule has 1 atom stereocenters. The van der Waals surface area contributed by atoms with Crippen LogP contribution in [0.15, 0.2) is 24.5 Å². The first kappa shape index (κ1) is 15.1. The summed E-state index contributed by atoms with van der Waals surface area (Å²) in [6.45, 7) is 11.1. The highest BCUT2D eigenvalue weighted by atomic mass is 15.1. The monoisotopic (exact) mass is 249 g/mol. The molecule has 0 aromatic carbocycles. The van der Waals surface area contributed by atoms with Gasteiger partial charge in [0.05, 0.1) is 0 Å². The van der Waals surface area contributed by atoms with Crippen molar-refractivity contribution in [3.05, 3.63) is 30.1 Å². The minimum absolute atomic E-state index is 0.555. The van der Waals surface area contributed by atoms with Crippen LogP contribution in [-0.4, -0.2) is 42.1 Å². The van der Waals surface area contributed by atoms with Crippen LogP contribution in [0.2, 0.25) is 0 Å². The summed E-state index contributed by atoms with van der Waals surface area (Å²) >= 11 is 0. The van der Waals surface area contributed by atoms with Crippen LogP contribution in [0.3, 0.4) is 0 Å². The molecule has 3 heteroatoms. The quantitative estimate of drug-likeness (QED) is 0.728. The highest BCUT2D eigenvalue weighted by molar-refractivity contribution is 5.10. The second kappa shape index (κ2) is 9.06. The fourth-order valence-electron chi connectivity index (χ4n) is 2.25. The first-order valence-electron chi connectivity index (χ1n) is 7.14. The summed E-state index contributed by atoms with van der Waals surface area (Å²) in [5, 5.41) is 3.58. The third-order valence-corrected chi connectivity index (χ3v) is 3.39. The van der Waals surface area contributed by atoms with E-state index >= 15 is 0 Å². The second-order valence-corrected chi connectivity index (χ2v) is 4.64. The molecule has 1 aromatic rings. The minimum Gasteiger partial charge on any atom is -0.314 e. The number of pyridine rings is 1. The van der Waals surface area contributed by atoms with Crippen molar-refractivity contribution in [3.63, 3.8) is 0 Å². The number of hydrogen-bond donors (Lipinski definition) is 1. The van der Waals surface area contributed by atoms with Gasteiger partial charge in [-0.3, -0.25) is 4.98 Å². The van der Waals surface area contributed by atoms with E-state index in [1.165, 1.54) is 18.5 Å². The number of nitrogens with zero attached hydrogens (tertiary/aromatic N) is 2. The Hall–Kier alpha value is -0.930. The van der Waals surface area contributed by atoms with Gasteiger partial charge in [-0.15, -0.1) is 0 Å². The SMILES string of the molecule is CCNC(CCN(CC)CC)Cc1cccnc1. The van der Waals surface area contributed by atoms with Gasteiger partial charge in [0.2, 0.25) is 0 Å². The molecular weight excluding hydrogens is 222 g/mol. The van der Waals surface area contributed by atoms with Gasteiger partial charge in [-0.2, -0.15) is 0 Å². The fraction of sp³-hybridized carbons (Fsp3) is 0.667. The number of nitrogens with one attached hydrogen (secondary N) is 1. The molecule has 102 valence electrons. The van der Waals surface area contributed by atoms with E-state index < -0.39 is 0 Å². The van der Waals surface area contributed by atoms with Crippen LogP contribution < -0.4 is 5.32 Å². The molecule has 1 rings (SSSR count). The van der Waals surface area contributed by atoms with E-state index in [4.69, 9.17) is 0 Å². The van der Waals surface area contributed by atoms with Crippen molar-refractivity contribution in [2.75, 3.05) is 26.2 Å². The normalized spacial score (nSPS) is 12.9. The molecule has 0 fully saturated rings. The van der Waals surface area contributed by atoms with Crippen molar-refractivity contribution < 1.29 is 0 Å². The first-order valence-corrected chi connectivity index (χ1v) is 7.14. The van der Waals surface area contributed by atoms with Gasteiger partial charge in [-0.25, -0.2) is 0 Å². The topological polar surface area (TPSA) is 28.2 Å². The van der Waals surface area contributed by atoms with Crippen LogP contribution in [0.25, 0.3) is 0 Å². The van der Waals surface area contributed by atoms with Crippen molar-refractivity contribution in [2.45, 2.75) is 39.7 Å². The van der Waals surface area contributed by atoms with Crippen LogP contribution in [0, 0.1) is 0 Å². The summed E-state index contributed by atoms with van der Waals surface area (Å²) in [4.78, 5) is 6.67. The van der Waals surface area contributed by atoms with E-state index in [0.29, 0.717) is 6.04 Å². The standard InChI is InChI=1S/C15H27N3/c1-4-17-15(9-11-18(5-2)6-3)12-14-8-7-10-16-13-14/h7-8,10,13,15,17H,4-6,9,11-12H2,1-3H3. The summed E-state index contributed by atoms with van der Waals surface area (Å²) in [5.41, 5.74) is 1.32. The van der Waals surface area contributed by atoms with Gasteiger partial charge in [-0.05, 0) is 50.7 Å². The smallest absolute Gasteiger partial charge is 0.0300 e. The third kappa shape index (κ3) is 5.61. The Balaban J connectivity index is 2.44. The lowest BCUT2D eigenvalue weighted by molar-refractivity contribution is 0.281. The largest absolute Gasteiger partial charge is 0.314 e. The molecule has 1 N–H and O–H groups in total. The fourth-order valence-corrected chi connectivity index (χ4v) is 2.25. The Morgan fingerprint density at radius 3 is 2.61 bits per heavy atom. The minimum atomic E-state index is 0.555. The highest BCUT2D eigenvalue weighted by Crippen LogP contribution is 2.05. The van der Waals surface area contributed by atoms with Crippen molar-refractivity contribution in [3.8, 4) is 0 Å². The van der Waals surface area contributed by atoms with Crippen LogP contribution >= 0.6 is 0 Å². The van der Waals surface area contributed by atoms with Gasteiger partial charge in [0, 0.05) is 18.4 Å². The molecule has 0 radical (unpaired) electrons. The van der Waals surface area contributed by atoms with Gasteiger partial charge >= 0.3 is 0 Å². The Labute approximate surface area is 112 Å². The zero-order valence-electron chi connectivity index (χ0n) is 12.0. The van der Waals surface area contributed by atoms with Crippen LogP contribution in [0.4, 0.5) is 0 Å². The van der Waals surface area contributed by atoms with Gasteiger partial charge in [-0.1, -0.05) is 26.8 Å². The molecule has 0 bridgehead atoms. The molecule has 1 heterocycles. The van der Waals surface area contributed by atoms with Crippen molar-refractivity contribution >= 4 is 0 Å². The Kier molecular flexibility index (Phi) is 7.62. The van der Waals surface area contributed by atoms with Crippen LogP contribution in [-0.2, 0) is 6.42 Å². The first-order chi connectivity index (χ1) is 8.80. The molecule has 0 amide bonds. The molecule has 0 saturated heterocycles. The molecule has 18 heavy (non-hydrogen) atoms. The lowest BCUT2D eigenvalue weighted by Crippen LogP contribution is -2.35. The van der Waals surface area contributed by atoms with Gasteiger partial charge in [0.15, 0.2) is 0 Å². The molecule has 1 unspecified atom stereocenters. The van der Waals surface area contributed by atoms with Crippen LogP contribution in [0.1, 0.15) is 32.8 Å². The van der Waals surface area contributed by atoms with Crippen molar-refractivity contribution in [1.82, 2.24) is 15.2 Å². The van der Waals surface area contributed by atoms with Crippen molar-refractivity contribution in [1.29, 1.82) is 0 Å². The predicted molar refractivity (Wildman–Crippen MR) is 77.8 cm³/mol. The molecule has 3 nitrogen and oxygen atoms in total. The maximum absolute atomic E-state index is 4.19. The Morgan fingerprint density at radius 1 is 1.28 bits per heavy atom. The third-order valence-electron chi connectivity index (χ3n) is 3.39. The summed E-state index contributed by atoms with van der Waals surface area (Å²) in [6.07, 6.45) is 6.08. The molecule has 0 aliphatic rings. The van der Waals surface area contributed by atoms with E-state index in [9.17, 15) is 0 Å². The average molecular weight is 249 g/mol. The molecule has 0 spiro atoms. The Morgan fingerprint density at radius 2 is 2.06 bits per heavy atom. The second-order valence-electron chi connectivity index (χ2n) is 4.64. The van der Waals surface area contributed by atoms with Crippen LogP contribution in [0.5, 0.6) is 0 Å². The summed E-state index contributed by atoms with van der Waals surface area (Å²) < 4.78 is 0. The number of rotatable bonds is 9. The number of aromatic nitrogens is 1. The zero-order valence-corrected chi connectivity index (χ0v) is 12.0. The average Bonchev–Trinajstić information content (AvgIpc) is 2.41. The van der Waals surface area contributed by atoms with E-state index in [-0.39, 0.29) is 0 Å². The van der Waals surface area contributed by atoms with Gasteiger partial charge in [0.1, 0.15) is 0 Å². The zero-order chi connectivity index (χ0) is 13.2. The lowest BCUT2D eigenvalue weighted by Gasteiger charge is -2.23. The number of hydrogen-bond acceptors (Lipinski definition) is 3. The molecule has 0 aliphatic carbocycles. The summed E-state index contributed by atoms with van der Waals surface area (Å²) in [6, 6.07) is 4.73. The van der Waals surface area contributed by atoms with E-state index in [0.717, 1.165) is 26.1 Å². The molecule has 1 aromatic heterocycles. The highest BCUT2D eigenvalue weighted by Gasteiger charge is 2.10. The maximum atomic E-state index is 4.19. The van der Waals surface area contributed by atoms with E-state index in [2.05, 4.69) is 42.0 Å². The lowest BCUT2D eigenvalue weighted by atomic mass is 10.0. The maximum Gasteiger partial charge on any atom is 0.0300 e. The summed E-state index contributed by atoms with van der Waals surface area (Å²) in [5.74, 6) is 0. The van der Waals surface area contributed by atoms with E-state index in [1.807, 2.05) is 18.5 Å². The predicted octanol–water partition coefficient (Wildman–Crippen LogP) is 2.33. The van der Waals surface area contributed by atoms with Crippen molar-refractivity contribution in [2.24, 2.45) is 0 Å². The number of likely N-dealkylation sites (N-methyl/N-ethyl adjacent to an activating group) is 1. The van der Waals surface area contributed by atoms with Gasteiger partial charge < -0.3 is 10.2 Å². The molecule has 0 saturated carbocycles. The van der Waals surface area contributed by atoms with E-state index in [1.54, 1.807) is 0 Å². The Bertz CT molecular complexity index is 296. The molecular formula is C15H27N3. The molecule has 0 aliphatic heterocycles.